The second-order valence-electron chi connectivity index (χ2n) is 7.26. The number of nitrogens with zero attached hydrogens (tertiary/aromatic N) is 1. The lowest BCUT2D eigenvalue weighted by Crippen LogP contribution is -2.42. The largest absolute Gasteiger partial charge is 0.357 e. The van der Waals surface area contributed by atoms with Gasteiger partial charge >= 0.3 is 0 Å². The average Bonchev–Trinajstić information content (AvgIpc) is 2.80. The zero-order valence-corrected chi connectivity index (χ0v) is 18.4. The van der Waals surface area contributed by atoms with E-state index in [0.717, 1.165) is 0 Å². The van der Waals surface area contributed by atoms with Crippen LogP contribution in [0.5, 0.6) is 0 Å². The van der Waals surface area contributed by atoms with Crippen molar-refractivity contribution < 1.29 is 9.47 Å². The molecule has 1 aliphatic heterocycles. The highest BCUT2D eigenvalue weighted by Crippen LogP contribution is 2.55. The van der Waals surface area contributed by atoms with E-state index in [2.05, 4.69) is 89.8 Å². The van der Waals surface area contributed by atoms with Crippen LogP contribution in [0.2, 0.25) is 0 Å². The Balaban J connectivity index is 1.81. The number of fused-ring (bicyclic) bond motifs is 1. The molecule has 2 unspecified atom stereocenters. The first kappa shape index (κ1) is 21.0. The van der Waals surface area contributed by atoms with Crippen LogP contribution in [0.3, 0.4) is 0 Å². The molecule has 2 atom stereocenters. The van der Waals surface area contributed by atoms with Crippen LogP contribution in [0.15, 0.2) is 89.8 Å². The third-order valence-electron chi connectivity index (χ3n) is 5.37. The van der Waals surface area contributed by atoms with Gasteiger partial charge in [-0.25, -0.2) is 0 Å². The van der Waals surface area contributed by atoms with Crippen molar-refractivity contribution >= 4 is 17.4 Å². The van der Waals surface area contributed by atoms with Crippen molar-refractivity contribution in [3.05, 3.63) is 96.1 Å². The molecule has 0 radical (unpaired) electrons. The van der Waals surface area contributed by atoms with E-state index in [-0.39, 0.29) is 17.6 Å². The molecule has 0 aliphatic carbocycles. The van der Waals surface area contributed by atoms with Gasteiger partial charge in [-0.05, 0) is 37.1 Å². The minimum Gasteiger partial charge on any atom is -0.357 e. The van der Waals surface area contributed by atoms with Gasteiger partial charge in [0.2, 0.25) is 0 Å². The summed E-state index contributed by atoms with van der Waals surface area (Å²) in [5, 5.41) is 0.271. The van der Waals surface area contributed by atoms with Crippen LogP contribution in [0.25, 0.3) is 0 Å². The molecule has 156 valence electrons. The number of ether oxygens (including phenoxy) is 2. The SMILES string of the molecule is CCOC(CN1c2ccccc2SC(c2ccccc2)C1c1ccccc1)OCC. The summed E-state index contributed by atoms with van der Waals surface area (Å²) < 4.78 is 11.9. The van der Waals surface area contributed by atoms with Crippen molar-refractivity contribution in [3.63, 3.8) is 0 Å². The maximum atomic E-state index is 5.95. The summed E-state index contributed by atoms with van der Waals surface area (Å²) >= 11 is 1.95. The fourth-order valence-electron chi connectivity index (χ4n) is 4.10. The number of rotatable bonds is 8. The average molecular weight is 420 g/mol. The molecule has 1 aliphatic rings. The molecule has 0 bridgehead atoms. The maximum absolute atomic E-state index is 5.95. The third kappa shape index (κ3) is 4.56. The first-order valence-electron chi connectivity index (χ1n) is 10.7. The Morgan fingerprint density at radius 3 is 1.97 bits per heavy atom. The minimum absolute atomic E-state index is 0.178. The molecule has 0 fully saturated rings. The van der Waals surface area contributed by atoms with Crippen LogP contribution in [-0.4, -0.2) is 26.0 Å². The topological polar surface area (TPSA) is 21.7 Å². The summed E-state index contributed by atoms with van der Waals surface area (Å²) in [5.41, 5.74) is 3.88. The van der Waals surface area contributed by atoms with Crippen LogP contribution in [0.1, 0.15) is 36.3 Å². The van der Waals surface area contributed by atoms with E-state index in [1.165, 1.54) is 21.7 Å². The number of hydrogen-bond acceptors (Lipinski definition) is 4. The van der Waals surface area contributed by atoms with Crippen molar-refractivity contribution in [2.24, 2.45) is 0 Å². The quantitative estimate of drug-likeness (QED) is 0.390. The lowest BCUT2D eigenvalue weighted by atomic mass is 9.95. The fraction of sp³-hybridized carbons (Fsp3) is 0.308. The van der Waals surface area contributed by atoms with Crippen LogP contribution < -0.4 is 4.90 Å². The van der Waals surface area contributed by atoms with Crippen molar-refractivity contribution in [1.82, 2.24) is 0 Å². The number of thioether (sulfide) groups is 1. The van der Waals surface area contributed by atoms with Gasteiger partial charge in [-0.3, -0.25) is 0 Å². The number of anilines is 1. The van der Waals surface area contributed by atoms with Crippen molar-refractivity contribution in [1.29, 1.82) is 0 Å². The second-order valence-corrected chi connectivity index (χ2v) is 8.45. The number of benzene rings is 3. The van der Waals surface area contributed by atoms with E-state index in [0.29, 0.717) is 19.8 Å². The Morgan fingerprint density at radius 2 is 1.33 bits per heavy atom. The predicted molar refractivity (Wildman–Crippen MR) is 125 cm³/mol. The standard InChI is InChI=1S/C26H29NO2S/c1-3-28-24(29-4-2)19-27-22-17-11-12-18-23(22)30-26(21-15-9-6-10-16-21)25(27)20-13-7-5-8-14-20/h5-18,24-26H,3-4,19H2,1-2H3. The Morgan fingerprint density at radius 1 is 0.767 bits per heavy atom. The summed E-state index contributed by atoms with van der Waals surface area (Å²) in [4.78, 5) is 3.78. The molecule has 3 aromatic carbocycles. The van der Waals surface area contributed by atoms with Gasteiger partial charge in [-0.15, -0.1) is 11.8 Å². The first-order chi connectivity index (χ1) is 14.8. The molecular formula is C26H29NO2S. The lowest BCUT2D eigenvalue weighted by molar-refractivity contribution is -0.130. The molecule has 0 saturated carbocycles. The molecule has 30 heavy (non-hydrogen) atoms. The highest BCUT2D eigenvalue weighted by molar-refractivity contribution is 7.99. The van der Waals surface area contributed by atoms with Crippen molar-refractivity contribution in [2.45, 2.75) is 36.3 Å². The summed E-state index contributed by atoms with van der Waals surface area (Å²) in [6, 6.07) is 30.5. The molecule has 1 heterocycles. The van der Waals surface area contributed by atoms with Gasteiger partial charge in [0.25, 0.3) is 0 Å². The molecule has 0 N–H and O–H groups in total. The molecule has 3 aromatic rings. The van der Waals surface area contributed by atoms with Gasteiger partial charge in [0.1, 0.15) is 0 Å². The van der Waals surface area contributed by atoms with Crippen LogP contribution >= 0.6 is 11.8 Å². The number of hydrogen-bond donors (Lipinski definition) is 0. The summed E-state index contributed by atoms with van der Waals surface area (Å²) in [5.74, 6) is 0. The van der Waals surface area contributed by atoms with Crippen LogP contribution in [0.4, 0.5) is 5.69 Å². The molecule has 0 aromatic heterocycles. The van der Waals surface area contributed by atoms with E-state index in [1.54, 1.807) is 0 Å². The monoisotopic (exact) mass is 419 g/mol. The molecule has 0 saturated heterocycles. The van der Waals surface area contributed by atoms with E-state index in [4.69, 9.17) is 9.47 Å². The predicted octanol–water partition coefficient (Wildman–Crippen LogP) is 6.48. The van der Waals surface area contributed by atoms with Gasteiger partial charge in [0, 0.05) is 18.1 Å². The molecular weight excluding hydrogens is 390 g/mol. The normalized spacial score (nSPS) is 18.4. The van der Waals surface area contributed by atoms with E-state index >= 15 is 0 Å². The zero-order chi connectivity index (χ0) is 20.8. The number of para-hydroxylation sites is 1. The van der Waals surface area contributed by atoms with Gasteiger partial charge in [0.15, 0.2) is 6.29 Å². The summed E-state index contributed by atoms with van der Waals surface area (Å²) in [7, 11) is 0. The van der Waals surface area contributed by atoms with E-state index in [1.807, 2.05) is 25.6 Å². The Bertz CT molecular complexity index is 913. The molecule has 3 nitrogen and oxygen atoms in total. The van der Waals surface area contributed by atoms with Crippen LogP contribution in [0, 0.1) is 0 Å². The molecule has 0 spiro atoms. The Kier molecular flexibility index (Phi) is 7.11. The maximum Gasteiger partial charge on any atom is 0.174 e. The molecule has 0 amide bonds. The van der Waals surface area contributed by atoms with Gasteiger partial charge < -0.3 is 14.4 Å². The lowest BCUT2D eigenvalue weighted by Gasteiger charge is -2.45. The highest BCUT2D eigenvalue weighted by atomic mass is 32.2. The van der Waals surface area contributed by atoms with Gasteiger partial charge in [-0.1, -0.05) is 72.8 Å². The zero-order valence-electron chi connectivity index (χ0n) is 17.6. The molecule has 4 heteroatoms. The third-order valence-corrected chi connectivity index (χ3v) is 6.75. The molecule has 4 rings (SSSR count). The van der Waals surface area contributed by atoms with E-state index < -0.39 is 0 Å². The Labute approximate surface area is 184 Å². The smallest absolute Gasteiger partial charge is 0.174 e. The fourth-order valence-corrected chi connectivity index (χ4v) is 5.57. The van der Waals surface area contributed by atoms with E-state index in [9.17, 15) is 0 Å². The Hall–Kier alpha value is -2.27. The second kappa shape index (κ2) is 10.2. The van der Waals surface area contributed by atoms with Gasteiger partial charge in [0.05, 0.1) is 23.5 Å². The highest BCUT2D eigenvalue weighted by Gasteiger charge is 2.38. The summed E-state index contributed by atoms with van der Waals surface area (Å²) in [6.45, 7) is 5.99. The van der Waals surface area contributed by atoms with Crippen molar-refractivity contribution in [2.75, 3.05) is 24.7 Å². The first-order valence-corrected chi connectivity index (χ1v) is 11.5. The van der Waals surface area contributed by atoms with Gasteiger partial charge in [-0.2, -0.15) is 0 Å². The van der Waals surface area contributed by atoms with Crippen LogP contribution in [-0.2, 0) is 9.47 Å². The van der Waals surface area contributed by atoms with Crippen molar-refractivity contribution in [3.8, 4) is 0 Å². The summed E-state index contributed by atoms with van der Waals surface area (Å²) in [6.07, 6.45) is -0.265. The minimum atomic E-state index is -0.265.